The third-order valence-corrected chi connectivity index (χ3v) is 2.48. The Labute approximate surface area is 111 Å². The number of hydrogen-bond acceptors (Lipinski definition) is 6. The average molecular weight is 296 g/mol. The number of thiazole rings is 1. The molecule has 1 amide bonds. The van der Waals surface area contributed by atoms with E-state index in [1.807, 2.05) is 0 Å². The van der Waals surface area contributed by atoms with E-state index >= 15 is 0 Å². The minimum atomic E-state index is -0.792. The second-order valence-corrected chi connectivity index (χ2v) is 3.92. The van der Waals surface area contributed by atoms with Crippen molar-refractivity contribution in [2.75, 3.05) is 12.6 Å². The summed E-state index contributed by atoms with van der Waals surface area (Å²) >= 11 is 11.8. The van der Waals surface area contributed by atoms with Crippen molar-refractivity contribution in [3.63, 3.8) is 0 Å². The van der Waals surface area contributed by atoms with Gasteiger partial charge in [0.2, 0.25) is 5.91 Å². The van der Waals surface area contributed by atoms with Crippen molar-refractivity contribution in [1.29, 1.82) is 0 Å². The Morgan fingerprint density at radius 3 is 2.88 bits per heavy atom. The summed E-state index contributed by atoms with van der Waals surface area (Å²) < 4.78 is 0. The number of carbonyl (C=O) groups excluding carboxylic acids is 2. The number of nitrogens with one attached hydrogen (secondary N) is 1. The van der Waals surface area contributed by atoms with Crippen molar-refractivity contribution in [2.45, 2.75) is 0 Å². The van der Waals surface area contributed by atoms with Gasteiger partial charge in [0.05, 0.1) is 5.51 Å². The number of halogens is 2. The molecule has 9 heteroatoms. The maximum atomic E-state index is 11.0. The number of oxime groups is 1. The molecule has 0 saturated heterocycles. The van der Waals surface area contributed by atoms with Crippen molar-refractivity contribution in [1.82, 2.24) is 10.3 Å². The zero-order valence-electron chi connectivity index (χ0n) is 8.35. The maximum Gasteiger partial charge on any atom is 0.276 e. The molecule has 1 heterocycles. The van der Waals surface area contributed by atoms with Crippen LogP contribution >= 0.6 is 34.5 Å². The van der Waals surface area contributed by atoms with E-state index in [-0.39, 0.29) is 18.3 Å². The smallest absolute Gasteiger partial charge is 0.276 e. The molecule has 92 valence electrons. The summed E-state index contributed by atoms with van der Waals surface area (Å²) in [5, 5.41) is 6.60. The van der Waals surface area contributed by atoms with Gasteiger partial charge in [-0.05, 0) is 11.6 Å². The summed E-state index contributed by atoms with van der Waals surface area (Å²) in [6, 6.07) is 0. The first-order valence-corrected chi connectivity index (χ1v) is 6.11. The Morgan fingerprint density at radius 2 is 2.35 bits per heavy atom. The van der Waals surface area contributed by atoms with Gasteiger partial charge in [-0.1, -0.05) is 5.16 Å². The van der Waals surface area contributed by atoms with Crippen LogP contribution in [0.25, 0.3) is 0 Å². The Balaban J connectivity index is 2.55. The summed E-state index contributed by atoms with van der Waals surface area (Å²) in [4.78, 5) is 30.4. The lowest BCUT2D eigenvalue weighted by atomic mass is 10.3. The molecule has 0 atom stereocenters. The Bertz CT molecular complexity index is 422. The highest BCUT2D eigenvalue weighted by molar-refractivity contribution is 7.08. The first kappa shape index (κ1) is 13.9. The second kappa shape index (κ2) is 7.21. The van der Waals surface area contributed by atoms with Crippen molar-refractivity contribution < 1.29 is 14.4 Å². The number of alkyl halides is 1. The van der Waals surface area contributed by atoms with Crippen LogP contribution < -0.4 is 5.32 Å². The molecule has 0 spiro atoms. The molecule has 0 radical (unpaired) electrons. The molecule has 1 aromatic heterocycles. The molecular formula is C8H7Cl2N3O3S. The quantitative estimate of drug-likeness (QED) is 0.211. The van der Waals surface area contributed by atoms with Crippen molar-refractivity contribution in [3.8, 4) is 0 Å². The van der Waals surface area contributed by atoms with E-state index in [4.69, 9.17) is 28.0 Å². The molecular weight excluding hydrogens is 289 g/mol. The number of rotatable bonds is 6. The van der Waals surface area contributed by atoms with Crippen molar-refractivity contribution in [3.05, 3.63) is 16.6 Å². The fourth-order valence-electron chi connectivity index (χ4n) is 0.770. The number of carbonyl (C=O) groups is 2. The molecule has 0 aliphatic rings. The third kappa shape index (κ3) is 4.68. The fourth-order valence-corrected chi connectivity index (χ4v) is 1.53. The minimum absolute atomic E-state index is 0.118. The highest BCUT2D eigenvalue weighted by Gasteiger charge is 2.14. The van der Waals surface area contributed by atoms with E-state index in [0.717, 1.165) is 0 Å². The van der Waals surface area contributed by atoms with Gasteiger partial charge in [-0.25, -0.2) is 4.98 Å². The van der Waals surface area contributed by atoms with Crippen LogP contribution in [0.15, 0.2) is 16.0 Å². The molecule has 6 nitrogen and oxygen atoms in total. The normalized spacial score (nSPS) is 11.1. The lowest BCUT2D eigenvalue weighted by molar-refractivity contribution is -0.120. The highest BCUT2D eigenvalue weighted by Crippen LogP contribution is 2.05. The van der Waals surface area contributed by atoms with E-state index in [1.165, 1.54) is 16.8 Å². The molecule has 0 bridgehead atoms. The summed E-state index contributed by atoms with van der Waals surface area (Å²) in [5.41, 5.74) is 1.73. The zero-order valence-corrected chi connectivity index (χ0v) is 10.7. The van der Waals surface area contributed by atoms with Gasteiger partial charge >= 0.3 is 0 Å². The predicted octanol–water partition coefficient (Wildman–Crippen LogP) is 0.942. The monoisotopic (exact) mass is 295 g/mol. The molecule has 0 fully saturated rings. The largest absolute Gasteiger partial charge is 0.373 e. The van der Waals surface area contributed by atoms with Gasteiger partial charge in [0, 0.05) is 5.38 Å². The molecule has 0 saturated carbocycles. The molecule has 1 N–H and O–H groups in total. The van der Waals surface area contributed by atoms with Crippen molar-refractivity contribution >= 4 is 51.4 Å². The summed E-state index contributed by atoms with van der Waals surface area (Å²) in [7, 11) is 0. The van der Waals surface area contributed by atoms with E-state index in [1.54, 1.807) is 5.38 Å². The molecule has 0 aromatic carbocycles. The number of amides is 1. The van der Waals surface area contributed by atoms with Crippen LogP contribution in [0, 0.1) is 0 Å². The van der Waals surface area contributed by atoms with Gasteiger partial charge in [-0.15, -0.1) is 22.9 Å². The minimum Gasteiger partial charge on any atom is -0.373 e. The van der Waals surface area contributed by atoms with Crippen LogP contribution in [-0.2, 0) is 14.4 Å². The van der Waals surface area contributed by atoms with E-state index in [9.17, 15) is 9.59 Å². The molecule has 17 heavy (non-hydrogen) atoms. The van der Waals surface area contributed by atoms with Gasteiger partial charge in [0.15, 0.2) is 12.4 Å². The van der Waals surface area contributed by atoms with Crippen LogP contribution in [-0.4, -0.2) is 34.5 Å². The van der Waals surface area contributed by atoms with Crippen LogP contribution in [0.1, 0.15) is 5.69 Å². The topological polar surface area (TPSA) is 80.6 Å². The third-order valence-electron chi connectivity index (χ3n) is 1.47. The Kier molecular flexibility index (Phi) is 5.88. The summed E-state index contributed by atoms with van der Waals surface area (Å²) in [6.45, 7) is -0.205. The van der Waals surface area contributed by atoms with Gasteiger partial charge in [0.1, 0.15) is 11.6 Å². The fraction of sp³-hybridized carbons (Fsp3) is 0.250. The van der Waals surface area contributed by atoms with Crippen LogP contribution in [0.4, 0.5) is 0 Å². The van der Waals surface area contributed by atoms with Crippen molar-refractivity contribution in [2.24, 2.45) is 5.16 Å². The molecule has 1 aromatic rings. The first-order valence-electron chi connectivity index (χ1n) is 4.26. The van der Waals surface area contributed by atoms with Crippen LogP contribution in [0.2, 0.25) is 0 Å². The molecule has 0 aliphatic heterocycles. The second-order valence-electron chi connectivity index (χ2n) is 2.59. The molecule has 0 aliphatic carbocycles. The Morgan fingerprint density at radius 1 is 1.59 bits per heavy atom. The van der Waals surface area contributed by atoms with Crippen LogP contribution in [0.5, 0.6) is 0 Å². The SMILES string of the molecule is O=C(CCl)NCON=C(C(=O)Cl)c1cscn1. The van der Waals surface area contributed by atoms with Gasteiger partial charge in [-0.3, -0.25) is 9.59 Å². The predicted molar refractivity (Wildman–Crippen MR) is 64.3 cm³/mol. The van der Waals surface area contributed by atoms with Gasteiger partial charge in [0.25, 0.3) is 5.24 Å². The maximum absolute atomic E-state index is 11.0. The van der Waals surface area contributed by atoms with Gasteiger partial charge < -0.3 is 10.2 Å². The first-order chi connectivity index (χ1) is 8.15. The van der Waals surface area contributed by atoms with E-state index in [0.29, 0.717) is 5.69 Å². The molecule has 0 unspecified atom stereocenters. The highest BCUT2D eigenvalue weighted by atomic mass is 35.5. The number of aromatic nitrogens is 1. The summed E-state index contributed by atoms with van der Waals surface area (Å²) in [6.07, 6.45) is 0. The van der Waals surface area contributed by atoms with Crippen LogP contribution in [0.3, 0.4) is 0 Å². The lowest BCUT2D eigenvalue weighted by Crippen LogP contribution is -2.26. The number of nitrogens with zero attached hydrogens (tertiary/aromatic N) is 2. The number of hydrogen-bond donors (Lipinski definition) is 1. The lowest BCUT2D eigenvalue weighted by Gasteiger charge is -2.01. The van der Waals surface area contributed by atoms with E-state index in [2.05, 4.69) is 15.5 Å². The molecule has 1 rings (SSSR count). The van der Waals surface area contributed by atoms with Gasteiger partial charge in [-0.2, -0.15) is 0 Å². The standard InChI is InChI=1S/C8H7Cl2N3O3S/c9-1-6(14)11-3-16-13-7(8(10)15)5-2-17-4-12-5/h2,4H,1,3H2,(H,11,14). The average Bonchev–Trinajstić information content (AvgIpc) is 2.81. The zero-order chi connectivity index (χ0) is 12.7. The van der Waals surface area contributed by atoms with E-state index < -0.39 is 11.1 Å². The summed E-state index contributed by atoms with van der Waals surface area (Å²) in [5.74, 6) is -0.588. The Hall–Kier alpha value is -1.18.